The topological polar surface area (TPSA) is 27.7 Å². The summed E-state index contributed by atoms with van der Waals surface area (Å²) in [5.74, 6) is 4.21. The van der Waals surface area contributed by atoms with Crippen molar-refractivity contribution < 1.29 is 14.2 Å². The van der Waals surface area contributed by atoms with Gasteiger partial charge in [0.15, 0.2) is 0 Å². The molecule has 0 saturated carbocycles. The fourth-order valence-corrected chi connectivity index (χ4v) is 4.37. The van der Waals surface area contributed by atoms with Gasteiger partial charge in [-0.25, -0.2) is 0 Å². The average molecular weight is 537 g/mol. The lowest BCUT2D eigenvalue weighted by Crippen LogP contribution is -1.89. The second kappa shape index (κ2) is 14.2. The van der Waals surface area contributed by atoms with Crippen LogP contribution in [0.3, 0.4) is 0 Å². The summed E-state index contributed by atoms with van der Waals surface area (Å²) in [4.78, 5) is 0. The zero-order chi connectivity index (χ0) is 28.1. The van der Waals surface area contributed by atoms with E-state index in [1.165, 1.54) is 0 Å². The van der Waals surface area contributed by atoms with E-state index in [9.17, 15) is 0 Å². The summed E-state index contributed by atoms with van der Waals surface area (Å²) in [5, 5.41) is 0. The van der Waals surface area contributed by atoms with Gasteiger partial charge in [-0.1, -0.05) is 103 Å². The largest absolute Gasteiger partial charge is 0.494 e. The van der Waals surface area contributed by atoms with Crippen LogP contribution in [0, 0.1) is 0 Å². The molecule has 0 saturated heterocycles. The number of ether oxygens (including phenoxy) is 3. The van der Waals surface area contributed by atoms with Gasteiger partial charge >= 0.3 is 0 Å². The zero-order valence-corrected chi connectivity index (χ0v) is 23.0. The van der Waals surface area contributed by atoms with Gasteiger partial charge in [0.25, 0.3) is 0 Å². The van der Waals surface area contributed by atoms with Crippen molar-refractivity contribution in [2.24, 2.45) is 0 Å². The molecule has 3 heteroatoms. The normalized spacial score (nSPS) is 10.2. The van der Waals surface area contributed by atoms with E-state index in [1.807, 2.05) is 122 Å². The van der Waals surface area contributed by atoms with Crippen molar-refractivity contribution in [2.75, 3.05) is 6.61 Å². The Kier molecular flexibility index (Phi) is 9.46. The van der Waals surface area contributed by atoms with Crippen molar-refractivity contribution in [1.82, 2.24) is 0 Å². The van der Waals surface area contributed by atoms with Crippen LogP contribution < -0.4 is 14.2 Å². The molecule has 3 nitrogen and oxygen atoms in total. The third kappa shape index (κ3) is 7.87. The Morgan fingerprint density at radius 1 is 0.366 bits per heavy atom. The van der Waals surface area contributed by atoms with Gasteiger partial charge in [0.1, 0.15) is 28.7 Å². The van der Waals surface area contributed by atoms with Crippen LogP contribution in [0.4, 0.5) is 0 Å². The highest BCUT2D eigenvalue weighted by Crippen LogP contribution is 2.36. The lowest BCUT2D eigenvalue weighted by Gasteiger charge is -2.13. The van der Waals surface area contributed by atoms with Crippen LogP contribution in [0.1, 0.15) is 6.92 Å². The Hall–Kier alpha value is -5.28. The second-order valence-corrected chi connectivity index (χ2v) is 9.18. The first-order chi connectivity index (χ1) is 20.3. The third-order valence-corrected chi connectivity index (χ3v) is 6.23. The molecule has 0 aliphatic carbocycles. The van der Waals surface area contributed by atoms with Crippen LogP contribution in [-0.4, -0.2) is 6.61 Å². The predicted octanol–water partition coefficient (Wildman–Crippen LogP) is 10.7. The minimum absolute atomic E-state index is 0.740. The Labute approximate surface area is 242 Å². The third-order valence-electron chi connectivity index (χ3n) is 6.23. The van der Waals surface area contributed by atoms with Crippen LogP contribution in [0.5, 0.6) is 28.7 Å². The molecule has 0 fully saturated rings. The summed E-state index contributed by atoms with van der Waals surface area (Å²) in [5.41, 5.74) is 4.48. The number of para-hydroxylation sites is 3. The molecule has 6 aromatic rings. The van der Waals surface area contributed by atoms with Crippen LogP contribution >= 0.6 is 0 Å². The van der Waals surface area contributed by atoms with Crippen molar-refractivity contribution in [3.8, 4) is 51.0 Å². The summed E-state index contributed by atoms with van der Waals surface area (Å²) >= 11 is 0. The van der Waals surface area contributed by atoms with E-state index in [2.05, 4.69) is 48.5 Å². The van der Waals surface area contributed by atoms with Gasteiger partial charge in [0.05, 0.1) is 6.61 Å². The molecule has 0 aliphatic rings. The zero-order valence-electron chi connectivity index (χ0n) is 23.0. The minimum atomic E-state index is 0.740. The monoisotopic (exact) mass is 536 g/mol. The summed E-state index contributed by atoms with van der Waals surface area (Å²) < 4.78 is 17.3. The van der Waals surface area contributed by atoms with Crippen molar-refractivity contribution in [3.63, 3.8) is 0 Å². The molecule has 6 aromatic carbocycles. The van der Waals surface area contributed by atoms with Crippen LogP contribution in [0.25, 0.3) is 22.3 Å². The maximum absolute atomic E-state index is 6.05. The fraction of sp³-hybridized carbons (Fsp3) is 0.0526. The van der Waals surface area contributed by atoms with Gasteiger partial charge in [-0.15, -0.1) is 0 Å². The highest BCUT2D eigenvalue weighted by Gasteiger charge is 2.10. The molecule has 0 aliphatic heterocycles. The molecule has 202 valence electrons. The first kappa shape index (κ1) is 27.3. The molecular weight excluding hydrogens is 504 g/mol. The molecule has 0 atom stereocenters. The van der Waals surface area contributed by atoms with E-state index in [0.717, 1.165) is 57.6 Å². The summed E-state index contributed by atoms with van der Waals surface area (Å²) in [6, 6.07) is 54.3. The number of rotatable bonds is 8. The molecule has 6 rings (SSSR count). The molecular formula is C38H32O3. The van der Waals surface area contributed by atoms with Gasteiger partial charge in [-0.3, -0.25) is 0 Å². The summed E-state index contributed by atoms with van der Waals surface area (Å²) in [6.07, 6.45) is 0. The van der Waals surface area contributed by atoms with E-state index in [0.29, 0.717) is 0 Å². The number of hydrogen-bond donors (Lipinski definition) is 0. The van der Waals surface area contributed by atoms with E-state index in [1.54, 1.807) is 0 Å². The number of benzene rings is 6. The Morgan fingerprint density at radius 2 is 0.732 bits per heavy atom. The summed E-state index contributed by atoms with van der Waals surface area (Å²) in [6.45, 7) is 2.72. The summed E-state index contributed by atoms with van der Waals surface area (Å²) in [7, 11) is 0. The van der Waals surface area contributed by atoms with Crippen LogP contribution in [0.2, 0.25) is 0 Å². The minimum Gasteiger partial charge on any atom is -0.494 e. The highest BCUT2D eigenvalue weighted by atomic mass is 16.5. The van der Waals surface area contributed by atoms with Crippen LogP contribution in [0.15, 0.2) is 164 Å². The van der Waals surface area contributed by atoms with E-state index in [4.69, 9.17) is 14.2 Å². The molecule has 41 heavy (non-hydrogen) atoms. The average Bonchev–Trinajstić information content (AvgIpc) is 3.03. The van der Waals surface area contributed by atoms with Crippen molar-refractivity contribution in [1.29, 1.82) is 0 Å². The molecule has 0 radical (unpaired) electrons. The van der Waals surface area contributed by atoms with Gasteiger partial charge in [-0.2, -0.15) is 0 Å². The van der Waals surface area contributed by atoms with Gasteiger partial charge in [0.2, 0.25) is 0 Å². The molecule has 0 heterocycles. The van der Waals surface area contributed by atoms with Crippen molar-refractivity contribution in [3.05, 3.63) is 164 Å². The SMILES string of the molecule is CCOc1ccccc1.c1ccc(Oc2cccc(-c3ccccc3-c3cccc(Oc4ccccc4)c3)c2)cc1. The van der Waals surface area contributed by atoms with Gasteiger partial charge < -0.3 is 14.2 Å². The molecule has 0 spiro atoms. The molecule has 0 unspecified atom stereocenters. The lowest BCUT2D eigenvalue weighted by atomic mass is 9.94. The van der Waals surface area contributed by atoms with E-state index in [-0.39, 0.29) is 0 Å². The standard InChI is InChI=1S/C30H22O2.C8H10O/c1-3-13-25(14-4-1)31-27-17-9-11-23(21-27)29-19-7-8-20-30(29)24-12-10-18-28(22-24)32-26-15-5-2-6-16-26;1-2-9-8-6-4-3-5-7-8/h1-22H;3-7H,2H2,1H3. The van der Waals surface area contributed by atoms with Gasteiger partial charge in [0, 0.05) is 0 Å². The Bertz CT molecular complexity index is 1530. The quantitative estimate of drug-likeness (QED) is 0.194. The van der Waals surface area contributed by atoms with Crippen molar-refractivity contribution >= 4 is 0 Å². The fourth-order valence-electron chi connectivity index (χ4n) is 4.37. The van der Waals surface area contributed by atoms with E-state index >= 15 is 0 Å². The Morgan fingerprint density at radius 3 is 1.15 bits per heavy atom. The molecule has 0 N–H and O–H groups in total. The first-order valence-corrected chi connectivity index (χ1v) is 13.7. The van der Waals surface area contributed by atoms with Crippen LogP contribution in [-0.2, 0) is 0 Å². The highest BCUT2D eigenvalue weighted by molar-refractivity contribution is 5.84. The predicted molar refractivity (Wildman–Crippen MR) is 168 cm³/mol. The Balaban J connectivity index is 0.000000321. The molecule has 0 amide bonds. The maximum Gasteiger partial charge on any atom is 0.128 e. The molecule has 0 bridgehead atoms. The van der Waals surface area contributed by atoms with E-state index < -0.39 is 0 Å². The smallest absolute Gasteiger partial charge is 0.128 e. The molecule has 0 aromatic heterocycles. The van der Waals surface area contributed by atoms with Crippen molar-refractivity contribution in [2.45, 2.75) is 6.92 Å². The lowest BCUT2D eigenvalue weighted by molar-refractivity contribution is 0.340. The maximum atomic E-state index is 6.05. The number of hydrogen-bond acceptors (Lipinski definition) is 3. The first-order valence-electron chi connectivity index (χ1n) is 13.7. The van der Waals surface area contributed by atoms with Gasteiger partial charge in [-0.05, 0) is 89.8 Å². The second-order valence-electron chi connectivity index (χ2n) is 9.18.